The lowest BCUT2D eigenvalue weighted by atomic mass is 10.3. The van der Waals surface area contributed by atoms with Gasteiger partial charge in [-0.15, -0.1) is 0 Å². The first-order chi connectivity index (χ1) is 13.6. The molecule has 8 nitrogen and oxygen atoms in total. The lowest BCUT2D eigenvalue weighted by Gasteiger charge is -2.10. The van der Waals surface area contributed by atoms with Crippen LogP contribution >= 0.6 is 0 Å². The molecule has 3 rings (SSSR count). The minimum Gasteiger partial charge on any atom is -0.487 e. The maximum absolute atomic E-state index is 12.1. The Kier molecular flexibility index (Phi) is 6.14. The van der Waals surface area contributed by atoms with E-state index in [4.69, 9.17) is 9.47 Å². The number of anilines is 1. The molecule has 1 heterocycles. The van der Waals surface area contributed by atoms with Crippen molar-refractivity contribution in [2.45, 2.75) is 6.61 Å². The zero-order chi connectivity index (χ0) is 19.8. The van der Waals surface area contributed by atoms with Gasteiger partial charge in [-0.25, -0.2) is 0 Å². The van der Waals surface area contributed by atoms with Gasteiger partial charge < -0.3 is 14.8 Å². The number of hydrogen-bond donors (Lipinski definition) is 1. The molecule has 0 bridgehead atoms. The van der Waals surface area contributed by atoms with Crippen molar-refractivity contribution in [2.24, 2.45) is 0 Å². The first kappa shape index (κ1) is 18.8. The Hall–Kier alpha value is -3.94. The molecule has 1 amide bonds. The minimum atomic E-state index is -0.524. The van der Waals surface area contributed by atoms with Crippen molar-refractivity contribution < 1.29 is 19.2 Å². The summed E-state index contributed by atoms with van der Waals surface area (Å²) >= 11 is 0. The number of hydrogen-bond acceptors (Lipinski definition) is 6. The fourth-order valence-corrected chi connectivity index (χ4v) is 2.34. The lowest BCUT2D eigenvalue weighted by molar-refractivity contribution is -0.384. The topological polar surface area (TPSA) is 104 Å². The monoisotopic (exact) mass is 379 g/mol. The van der Waals surface area contributed by atoms with Gasteiger partial charge in [-0.05, 0) is 30.3 Å². The number of ether oxygens (including phenoxy) is 2. The van der Waals surface area contributed by atoms with Crippen molar-refractivity contribution in [3.8, 4) is 11.5 Å². The van der Waals surface area contributed by atoms with Gasteiger partial charge in [0.25, 0.3) is 11.6 Å². The second kappa shape index (κ2) is 9.13. The molecular weight excluding hydrogens is 362 g/mol. The molecule has 0 saturated heterocycles. The molecule has 0 fully saturated rings. The van der Waals surface area contributed by atoms with E-state index in [0.29, 0.717) is 18.0 Å². The van der Waals surface area contributed by atoms with E-state index in [2.05, 4.69) is 10.3 Å². The van der Waals surface area contributed by atoms with Crippen molar-refractivity contribution in [1.29, 1.82) is 0 Å². The number of rotatable bonds is 8. The SMILES string of the molecule is O=C(COc1cccc([N+](=O)[O-])c1)Nc1cccc(OCc2ccccn2)c1. The van der Waals surface area contributed by atoms with Gasteiger partial charge in [-0.3, -0.25) is 19.9 Å². The molecule has 3 aromatic rings. The second-order valence-electron chi connectivity index (χ2n) is 5.73. The van der Waals surface area contributed by atoms with Crippen molar-refractivity contribution in [1.82, 2.24) is 4.98 Å². The first-order valence-corrected chi connectivity index (χ1v) is 8.40. The summed E-state index contributed by atoms with van der Waals surface area (Å²) in [6.45, 7) is 0.0360. The number of nitrogens with zero attached hydrogens (tertiary/aromatic N) is 2. The van der Waals surface area contributed by atoms with Gasteiger partial charge in [-0.1, -0.05) is 18.2 Å². The van der Waals surface area contributed by atoms with Crippen molar-refractivity contribution in [3.05, 3.63) is 88.7 Å². The Morgan fingerprint density at radius 3 is 2.54 bits per heavy atom. The van der Waals surface area contributed by atoms with Gasteiger partial charge in [0, 0.05) is 24.0 Å². The first-order valence-electron chi connectivity index (χ1n) is 8.40. The molecule has 1 N–H and O–H groups in total. The lowest BCUT2D eigenvalue weighted by Crippen LogP contribution is -2.20. The molecule has 0 aliphatic rings. The Labute approximate surface area is 160 Å². The third kappa shape index (κ3) is 5.53. The maximum Gasteiger partial charge on any atom is 0.273 e. The summed E-state index contributed by atoms with van der Waals surface area (Å²) in [5.41, 5.74) is 1.24. The Balaban J connectivity index is 1.52. The van der Waals surface area contributed by atoms with E-state index >= 15 is 0 Å². The zero-order valence-electron chi connectivity index (χ0n) is 14.8. The van der Waals surface area contributed by atoms with E-state index in [0.717, 1.165) is 5.69 Å². The third-order valence-electron chi connectivity index (χ3n) is 3.63. The van der Waals surface area contributed by atoms with E-state index in [1.807, 2.05) is 18.2 Å². The molecule has 2 aromatic carbocycles. The fourth-order valence-electron chi connectivity index (χ4n) is 2.34. The number of aromatic nitrogens is 1. The van der Waals surface area contributed by atoms with Crippen LogP contribution in [0.3, 0.4) is 0 Å². The average Bonchev–Trinajstić information content (AvgIpc) is 2.72. The summed E-state index contributed by atoms with van der Waals surface area (Å²) < 4.78 is 11.0. The highest BCUT2D eigenvalue weighted by Crippen LogP contribution is 2.20. The van der Waals surface area contributed by atoms with E-state index in [1.54, 1.807) is 36.5 Å². The predicted octanol–water partition coefficient (Wildman–Crippen LogP) is 3.59. The number of pyridine rings is 1. The molecule has 0 aliphatic carbocycles. The molecule has 28 heavy (non-hydrogen) atoms. The molecule has 0 radical (unpaired) electrons. The standard InChI is InChI=1S/C20H17N3O5/c24-20(14-28-19-9-4-7-17(12-19)23(25)26)22-15-6-3-8-18(11-15)27-13-16-5-1-2-10-21-16/h1-12H,13-14H2,(H,22,24). The van der Waals surface area contributed by atoms with E-state index in [-0.39, 0.29) is 18.0 Å². The molecule has 0 saturated carbocycles. The molecule has 0 spiro atoms. The summed E-state index contributed by atoms with van der Waals surface area (Å²) in [7, 11) is 0. The van der Waals surface area contributed by atoms with Gasteiger partial charge in [0.1, 0.15) is 18.1 Å². The highest BCUT2D eigenvalue weighted by molar-refractivity contribution is 5.92. The number of non-ortho nitro benzene ring substituents is 1. The van der Waals surface area contributed by atoms with Crippen LogP contribution in [-0.4, -0.2) is 22.4 Å². The Bertz CT molecular complexity index is 963. The van der Waals surface area contributed by atoms with E-state index in [1.165, 1.54) is 18.2 Å². The molecule has 0 aliphatic heterocycles. The smallest absolute Gasteiger partial charge is 0.273 e. The van der Waals surface area contributed by atoms with E-state index in [9.17, 15) is 14.9 Å². The number of carbonyl (C=O) groups is 1. The maximum atomic E-state index is 12.1. The average molecular weight is 379 g/mol. The van der Waals surface area contributed by atoms with Crippen LogP contribution in [0.5, 0.6) is 11.5 Å². The van der Waals surface area contributed by atoms with Gasteiger partial charge >= 0.3 is 0 Å². The summed E-state index contributed by atoms with van der Waals surface area (Å²) in [5, 5.41) is 13.5. The van der Waals surface area contributed by atoms with Crippen LogP contribution in [-0.2, 0) is 11.4 Å². The number of carbonyl (C=O) groups excluding carboxylic acids is 1. The minimum absolute atomic E-state index is 0.101. The molecule has 142 valence electrons. The van der Waals surface area contributed by atoms with Gasteiger partial charge in [0.05, 0.1) is 16.7 Å². The number of amides is 1. The van der Waals surface area contributed by atoms with Crippen LogP contribution in [0.15, 0.2) is 72.9 Å². The van der Waals surface area contributed by atoms with Crippen molar-refractivity contribution in [3.63, 3.8) is 0 Å². The van der Waals surface area contributed by atoms with Crippen LogP contribution in [0.2, 0.25) is 0 Å². The normalized spacial score (nSPS) is 10.1. The van der Waals surface area contributed by atoms with Gasteiger partial charge in [0.2, 0.25) is 0 Å². The third-order valence-corrected chi connectivity index (χ3v) is 3.63. The fraction of sp³-hybridized carbons (Fsp3) is 0.100. The molecular formula is C20H17N3O5. The molecule has 1 aromatic heterocycles. The zero-order valence-corrected chi connectivity index (χ0v) is 14.8. The molecule has 0 atom stereocenters. The van der Waals surface area contributed by atoms with Gasteiger partial charge in [0.15, 0.2) is 6.61 Å². The highest BCUT2D eigenvalue weighted by Gasteiger charge is 2.09. The Morgan fingerprint density at radius 1 is 1.00 bits per heavy atom. The van der Waals surface area contributed by atoms with Crippen LogP contribution in [0.4, 0.5) is 11.4 Å². The van der Waals surface area contributed by atoms with Crippen LogP contribution in [0, 0.1) is 10.1 Å². The van der Waals surface area contributed by atoms with Crippen molar-refractivity contribution in [2.75, 3.05) is 11.9 Å². The number of nitro benzene ring substituents is 1. The quantitative estimate of drug-likeness (QED) is 0.474. The number of nitrogens with one attached hydrogen (secondary N) is 1. The van der Waals surface area contributed by atoms with Crippen molar-refractivity contribution >= 4 is 17.3 Å². The molecule has 0 unspecified atom stereocenters. The van der Waals surface area contributed by atoms with Gasteiger partial charge in [-0.2, -0.15) is 0 Å². The highest BCUT2D eigenvalue weighted by atomic mass is 16.6. The Morgan fingerprint density at radius 2 is 1.79 bits per heavy atom. The molecule has 8 heteroatoms. The number of nitro groups is 1. The van der Waals surface area contributed by atoms with Crippen LogP contribution in [0.25, 0.3) is 0 Å². The summed E-state index contributed by atoms with van der Waals surface area (Å²) in [4.78, 5) is 26.5. The van der Waals surface area contributed by atoms with Crippen LogP contribution in [0.1, 0.15) is 5.69 Å². The predicted molar refractivity (Wildman–Crippen MR) is 102 cm³/mol. The number of benzene rings is 2. The second-order valence-corrected chi connectivity index (χ2v) is 5.73. The largest absolute Gasteiger partial charge is 0.487 e. The summed E-state index contributed by atoms with van der Waals surface area (Å²) in [6, 6.07) is 18.2. The van der Waals surface area contributed by atoms with E-state index < -0.39 is 10.8 Å². The summed E-state index contributed by atoms with van der Waals surface area (Å²) in [5.74, 6) is 0.438. The van der Waals surface area contributed by atoms with Crippen LogP contribution < -0.4 is 14.8 Å². The summed E-state index contributed by atoms with van der Waals surface area (Å²) in [6.07, 6.45) is 1.69.